The number of nitrogens with zero attached hydrogens (tertiary/aromatic N) is 1. The Balaban J connectivity index is 2.68. The second kappa shape index (κ2) is 3.34. The fourth-order valence-electron chi connectivity index (χ4n) is 1.49. The Morgan fingerprint density at radius 2 is 2.27 bits per heavy atom. The molecule has 0 spiro atoms. The van der Waals surface area contributed by atoms with E-state index in [9.17, 15) is 9.18 Å². The van der Waals surface area contributed by atoms with Gasteiger partial charge in [0.2, 0.25) is 0 Å². The molecule has 0 saturated carbocycles. The number of aromatic nitrogens is 2. The lowest BCUT2D eigenvalue weighted by Crippen LogP contribution is -2.01. The van der Waals surface area contributed by atoms with Gasteiger partial charge in [0.1, 0.15) is 5.82 Å². The number of esters is 1. The summed E-state index contributed by atoms with van der Waals surface area (Å²) in [7, 11) is 1.25. The first-order valence-electron chi connectivity index (χ1n) is 4.36. The van der Waals surface area contributed by atoms with Crippen molar-refractivity contribution in [3.05, 3.63) is 29.2 Å². The van der Waals surface area contributed by atoms with Crippen LogP contribution in [0.4, 0.5) is 4.39 Å². The summed E-state index contributed by atoms with van der Waals surface area (Å²) in [5.41, 5.74) is 1.22. The molecule has 4 nitrogen and oxygen atoms in total. The molecule has 0 fully saturated rings. The lowest BCUT2D eigenvalue weighted by molar-refractivity contribution is 0.0600. The molecule has 15 heavy (non-hydrogen) atoms. The molecule has 0 bridgehead atoms. The number of halogens is 1. The van der Waals surface area contributed by atoms with Crippen LogP contribution in [0.5, 0.6) is 0 Å². The topological polar surface area (TPSA) is 55.0 Å². The first kappa shape index (κ1) is 9.64. The van der Waals surface area contributed by atoms with E-state index in [-0.39, 0.29) is 5.56 Å². The second-order valence-electron chi connectivity index (χ2n) is 3.19. The number of ether oxygens (including phenoxy) is 1. The molecule has 5 heteroatoms. The maximum absolute atomic E-state index is 13.6. The highest BCUT2D eigenvalue weighted by molar-refractivity contribution is 5.95. The lowest BCUT2D eigenvalue weighted by atomic mass is 10.1. The maximum Gasteiger partial charge on any atom is 0.338 e. The Morgan fingerprint density at radius 3 is 2.93 bits per heavy atom. The van der Waals surface area contributed by atoms with Crippen LogP contribution in [0.25, 0.3) is 10.9 Å². The van der Waals surface area contributed by atoms with E-state index in [1.54, 1.807) is 6.92 Å². The molecule has 0 unspecified atom stereocenters. The Hall–Kier alpha value is -1.91. The molecule has 0 saturated heterocycles. The van der Waals surface area contributed by atoms with Crippen molar-refractivity contribution >= 4 is 16.9 Å². The normalized spacial score (nSPS) is 10.6. The highest BCUT2D eigenvalue weighted by Crippen LogP contribution is 2.21. The second-order valence-corrected chi connectivity index (χ2v) is 3.19. The zero-order valence-electron chi connectivity index (χ0n) is 8.30. The van der Waals surface area contributed by atoms with Crippen molar-refractivity contribution in [3.8, 4) is 0 Å². The van der Waals surface area contributed by atoms with Crippen molar-refractivity contribution in [3.63, 3.8) is 0 Å². The number of fused-ring (bicyclic) bond motifs is 1. The van der Waals surface area contributed by atoms with E-state index < -0.39 is 11.8 Å². The average molecular weight is 208 g/mol. The number of hydrogen-bond donors (Lipinski definition) is 1. The third kappa shape index (κ3) is 1.45. The molecule has 0 amide bonds. The predicted molar refractivity (Wildman–Crippen MR) is 52.1 cm³/mol. The number of aromatic amines is 1. The standard InChI is InChI=1S/C10H9FN2O2/c1-5-9-7(11)3-6(10(14)15-2)4-8(9)13-12-5/h3-4H,1-2H3,(H,12,13). The van der Waals surface area contributed by atoms with Gasteiger partial charge in [0.15, 0.2) is 0 Å². The van der Waals surface area contributed by atoms with Crippen LogP contribution in [0.2, 0.25) is 0 Å². The number of methoxy groups -OCH3 is 1. The Labute approximate surface area is 85.0 Å². The molecular formula is C10H9FN2O2. The predicted octanol–water partition coefficient (Wildman–Crippen LogP) is 1.80. The fourth-order valence-corrected chi connectivity index (χ4v) is 1.49. The van der Waals surface area contributed by atoms with Crippen LogP contribution in [0.1, 0.15) is 16.1 Å². The van der Waals surface area contributed by atoms with Gasteiger partial charge < -0.3 is 4.74 Å². The van der Waals surface area contributed by atoms with Gasteiger partial charge in [-0.15, -0.1) is 0 Å². The summed E-state index contributed by atoms with van der Waals surface area (Å²) in [5.74, 6) is -1.05. The van der Waals surface area contributed by atoms with Crippen molar-refractivity contribution in [1.82, 2.24) is 10.2 Å². The van der Waals surface area contributed by atoms with Gasteiger partial charge >= 0.3 is 5.97 Å². The summed E-state index contributed by atoms with van der Waals surface area (Å²) in [4.78, 5) is 11.2. The molecule has 1 heterocycles. The van der Waals surface area contributed by atoms with Gasteiger partial charge in [-0.3, -0.25) is 5.10 Å². The van der Waals surface area contributed by atoms with Crippen LogP contribution in [0, 0.1) is 12.7 Å². The molecule has 0 atom stereocenters. The van der Waals surface area contributed by atoms with Crippen molar-refractivity contribution in [2.75, 3.05) is 7.11 Å². The third-order valence-electron chi connectivity index (χ3n) is 2.21. The lowest BCUT2D eigenvalue weighted by Gasteiger charge is -1.99. The molecule has 0 aliphatic rings. The summed E-state index contributed by atoms with van der Waals surface area (Å²) < 4.78 is 18.1. The molecule has 2 aromatic rings. The van der Waals surface area contributed by atoms with Crippen molar-refractivity contribution < 1.29 is 13.9 Å². The Kier molecular flexibility index (Phi) is 2.15. The molecule has 2 rings (SSSR count). The van der Waals surface area contributed by atoms with Gasteiger partial charge in [0.05, 0.1) is 23.6 Å². The monoisotopic (exact) mass is 208 g/mol. The maximum atomic E-state index is 13.6. The first-order chi connectivity index (χ1) is 7.13. The Bertz CT molecular complexity index is 533. The molecule has 0 radical (unpaired) electrons. The van der Waals surface area contributed by atoms with Gasteiger partial charge in [0, 0.05) is 5.69 Å². The number of carbonyl (C=O) groups is 1. The van der Waals surface area contributed by atoms with Crippen molar-refractivity contribution in [2.45, 2.75) is 6.92 Å². The summed E-state index contributed by atoms with van der Waals surface area (Å²) >= 11 is 0. The number of hydrogen-bond acceptors (Lipinski definition) is 3. The minimum atomic E-state index is -0.573. The van der Waals surface area contributed by atoms with Crippen LogP contribution in [-0.4, -0.2) is 23.3 Å². The number of benzene rings is 1. The minimum absolute atomic E-state index is 0.161. The van der Waals surface area contributed by atoms with E-state index >= 15 is 0 Å². The molecule has 78 valence electrons. The quantitative estimate of drug-likeness (QED) is 0.727. The fraction of sp³-hybridized carbons (Fsp3) is 0.200. The zero-order valence-corrected chi connectivity index (χ0v) is 8.30. The highest BCUT2D eigenvalue weighted by atomic mass is 19.1. The van der Waals surface area contributed by atoms with E-state index in [1.165, 1.54) is 13.2 Å². The number of aryl methyl sites for hydroxylation is 1. The van der Waals surface area contributed by atoms with Gasteiger partial charge in [-0.25, -0.2) is 9.18 Å². The van der Waals surface area contributed by atoms with Crippen molar-refractivity contribution in [1.29, 1.82) is 0 Å². The highest BCUT2D eigenvalue weighted by Gasteiger charge is 2.13. The first-order valence-corrected chi connectivity index (χ1v) is 4.36. The summed E-state index contributed by atoms with van der Waals surface area (Å²) in [6, 6.07) is 2.64. The number of rotatable bonds is 1. The van der Waals surface area contributed by atoms with Gasteiger partial charge in [0.25, 0.3) is 0 Å². The summed E-state index contributed by atoms with van der Waals surface area (Å²) in [6.07, 6.45) is 0. The summed E-state index contributed by atoms with van der Waals surface area (Å²) in [6.45, 7) is 1.72. The number of nitrogens with one attached hydrogen (secondary N) is 1. The van der Waals surface area contributed by atoms with Crippen LogP contribution >= 0.6 is 0 Å². The van der Waals surface area contributed by atoms with Crippen LogP contribution in [0.3, 0.4) is 0 Å². The molecular weight excluding hydrogens is 199 g/mol. The van der Waals surface area contributed by atoms with Gasteiger partial charge in [-0.2, -0.15) is 5.10 Å². The minimum Gasteiger partial charge on any atom is -0.465 e. The van der Waals surface area contributed by atoms with Crippen LogP contribution in [-0.2, 0) is 4.74 Å². The smallest absolute Gasteiger partial charge is 0.338 e. The number of carbonyl (C=O) groups excluding carboxylic acids is 1. The average Bonchev–Trinajstić information content (AvgIpc) is 2.59. The zero-order chi connectivity index (χ0) is 11.0. The molecule has 0 aliphatic carbocycles. The van der Waals surface area contributed by atoms with E-state index in [2.05, 4.69) is 14.9 Å². The summed E-state index contributed by atoms with van der Waals surface area (Å²) in [5, 5.41) is 6.95. The molecule has 0 aliphatic heterocycles. The molecule has 1 N–H and O–H groups in total. The largest absolute Gasteiger partial charge is 0.465 e. The van der Waals surface area contributed by atoms with Gasteiger partial charge in [-0.1, -0.05) is 0 Å². The van der Waals surface area contributed by atoms with E-state index in [4.69, 9.17) is 0 Å². The number of H-pyrrole nitrogens is 1. The Morgan fingerprint density at radius 1 is 1.53 bits per heavy atom. The third-order valence-corrected chi connectivity index (χ3v) is 2.21. The van der Waals surface area contributed by atoms with E-state index in [1.807, 2.05) is 0 Å². The van der Waals surface area contributed by atoms with E-state index in [0.717, 1.165) is 6.07 Å². The molecule has 1 aromatic heterocycles. The van der Waals surface area contributed by atoms with Crippen LogP contribution in [0.15, 0.2) is 12.1 Å². The van der Waals surface area contributed by atoms with E-state index in [0.29, 0.717) is 16.6 Å². The molecule has 1 aromatic carbocycles. The van der Waals surface area contributed by atoms with Crippen molar-refractivity contribution in [2.24, 2.45) is 0 Å². The SMILES string of the molecule is COC(=O)c1cc(F)c2c(C)[nH]nc2c1. The van der Waals surface area contributed by atoms with Gasteiger partial charge in [-0.05, 0) is 19.1 Å². The van der Waals surface area contributed by atoms with Crippen LogP contribution < -0.4 is 0 Å².